The highest BCUT2D eigenvalue weighted by Crippen LogP contribution is 2.36. The van der Waals surface area contributed by atoms with Crippen molar-refractivity contribution in [1.82, 2.24) is 0 Å². The summed E-state index contributed by atoms with van der Waals surface area (Å²) >= 11 is 0. The first-order valence-electron chi connectivity index (χ1n) is 13.1. The molecule has 0 aromatic heterocycles. The van der Waals surface area contributed by atoms with Crippen LogP contribution in [0.15, 0.2) is 11.6 Å². The topological polar surface area (TPSA) is 66.8 Å². The smallest absolute Gasteiger partial charge is 0.308 e. The first kappa shape index (κ1) is 28.2. The van der Waals surface area contributed by atoms with Gasteiger partial charge in [-0.05, 0) is 57.8 Å². The molecule has 4 atom stereocenters. The maximum absolute atomic E-state index is 12.2. The van der Waals surface area contributed by atoms with Gasteiger partial charge in [0.2, 0.25) is 0 Å². The molecule has 1 fully saturated rings. The molecule has 0 spiro atoms. The van der Waals surface area contributed by atoms with Gasteiger partial charge in [0, 0.05) is 5.92 Å². The predicted octanol–water partition coefficient (Wildman–Crippen LogP) is 6.58. The molecule has 2 unspecified atom stereocenters. The number of aliphatic hydroxyl groups excluding tert-OH is 2. The van der Waals surface area contributed by atoms with Crippen molar-refractivity contribution in [1.29, 1.82) is 0 Å². The van der Waals surface area contributed by atoms with Crippen LogP contribution < -0.4 is 0 Å². The van der Waals surface area contributed by atoms with Crippen molar-refractivity contribution in [3.63, 3.8) is 0 Å². The van der Waals surface area contributed by atoms with Crippen molar-refractivity contribution in [3.05, 3.63) is 11.6 Å². The van der Waals surface area contributed by atoms with Crippen LogP contribution in [0.25, 0.3) is 0 Å². The highest BCUT2D eigenvalue weighted by Gasteiger charge is 2.29. The molecule has 0 bridgehead atoms. The van der Waals surface area contributed by atoms with E-state index in [1.54, 1.807) is 0 Å². The molecule has 2 N–H and O–H groups in total. The van der Waals surface area contributed by atoms with E-state index in [2.05, 4.69) is 26.8 Å². The Kier molecular flexibility index (Phi) is 15.2. The van der Waals surface area contributed by atoms with E-state index in [1.807, 2.05) is 6.92 Å². The molecule has 0 aromatic carbocycles. The van der Waals surface area contributed by atoms with Crippen LogP contribution in [0.5, 0.6) is 0 Å². The van der Waals surface area contributed by atoms with Gasteiger partial charge >= 0.3 is 5.97 Å². The van der Waals surface area contributed by atoms with Crippen molar-refractivity contribution in [2.24, 2.45) is 17.8 Å². The summed E-state index contributed by atoms with van der Waals surface area (Å²) in [5, 5.41) is 20.6. The largest absolute Gasteiger partial charge is 0.466 e. The molecule has 0 saturated heterocycles. The van der Waals surface area contributed by atoms with E-state index in [9.17, 15) is 15.0 Å². The summed E-state index contributed by atoms with van der Waals surface area (Å²) in [6.07, 6.45) is 15.7. The normalized spacial score (nSPS) is 22.2. The Balaban J connectivity index is 2.38. The zero-order chi connectivity index (χ0) is 23.1. The number of unbranched alkanes of at least 4 members (excludes halogenated alkanes) is 4. The second-order valence-corrected chi connectivity index (χ2v) is 9.94. The van der Waals surface area contributed by atoms with Crippen LogP contribution in [-0.2, 0) is 9.53 Å². The quantitative estimate of drug-likeness (QED) is 0.153. The second-order valence-electron chi connectivity index (χ2n) is 9.94. The van der Waals surface area contributed by atoms with Crippen LogP contribution in [0.4, 0.5) is 0 Å². The van der Waals surface area contributed by atoms with Crippen LogP contribution in [0.2, 0.25) is 0 Å². The molecule has 31 heavy (non-hydrogen) atoms. The van der Waals surface area contributed by atoms with Crippen LogP contribution >= 0.6 is 0 Å². The molecule has 0 radical (unpaired) electrons. The summed E-state index contributed by atoms with van der Waals surface area (Å²) in [4.78, 5) is 12.2. The Labute approximate surface area is 191 Å². The van der Waals surface area contributed by atoms with Gasteiger partial charge in [0.1, 0.15) is 0 Å². The lowest BCUT2D eigenvalue weighted by molar-refractivity contribution is -0.148. The first-order valence-corrected chi connectivity index (χ1v) is 13.1. The Morgan fingerprint density at radius 2 is 1.81 bits per heavy atom. The molecule has 4 nitrogen and oxygen atoms in total. The van der Waals surface area contributed by atoms with Gasteiger partial charge in [-0.3, -0.25) is 4.79 Å². The molecular weight excluding hydrogens is 388 g/mol. The van der Waals surface area contributed by atoms with E-state index in [-0.39, 0.29) is 30.0 Å². The summed E-state index contributed by atoms with van der Waals surface area (Å²) < 4.78 is 5.28. The fourth-order valence-corrected chi connectivity index (χ4v) is 4.72. The Morgan fingerprint density at radius 1 is 1.06 bits per heavy atom. The summed E-state index contributed by atoms with van der Waals surface area (Å²) in [7, 11) is 0. The average Bonchev–Trinajstić information content (AvgIpc) is 3.08. The van der Waals surface area contributed by atoms with E-state index in [0.29, 0.717) is 12.5 Å². The van der Waals surface area contributed by atoms with Gasteiger partial charge in [0.25, 0.3) is 0 Å². The molecule has 0 aromatic rings. The van der Waals surface area contributed by atoms with Gasteiger partial charge in [-0.2, -0.15) is 0 Å². The Morgan fingerprint density at radius 3 is 2.48 bits per heavy atom. The molecule has 4 heteroatoms. The molecular formula is C27H50O4. The lowest BCUT2D eigenvalue weighted by Gasteiger charge is -2.18. The minimum atomic E-state index is -0.247. The third-order valence-corrected chi connectivity index (χ3v) is 6.74. The van der Waals surface area contributed by atoms with Gasteiger partial charge in [-0.25, -0.2) is 0 Å². The molecule has 0 heterocycles. The van der Waals surface area contributed by atoms with Crippen LogP contribution in [0.3, 0.4) is 0 Å². The van der Waals surface area contributed by atoms with Gasteiger partial charge in [-0.1, -0.05) is 77.4 Å². The van der Waals surface area contributed by atoms with E-state index >= 15 is 0 Å². The monoisotopic (exact) mass is 438 g/mol. The molecule has 1 rings (SSSR count). The zero-order valence-electron chi connectivity index (χ0n) is 20.8. The molecule has 0 amide bonds. The van der Waals surface area contributed by atoms with Crippen molar-refractivity contribution in [2.75, 3.05) is 6.61 Å². The summed E-state index contributed by atoms with van der Waals surface area (Å²) in [5.41, 5.74) is 1.35. The molecule has 182 valence electrons. The standard InChI is InChI=1S/C27H50O4/c1-5-7-9-13-24(28)19-17-22-18-20-26(29)25(22)14-11-8-10-12-23(16-15-21(3)4)27(30)31-6-2/h17,21,23-26,28-29H,5-16,18-20H2,1-4H3/t23?,24?,25-,26+/m1/s1. The van der Waals surface area contributed by atoms with E-state index in [0.717, 1.165) is 77.0 Å². The second kappa shape index (κ2) is 16.7. The zero-order valence-corrected chi connectivity index (χ0v) is 20.8. The van der Waals surface area contributed by atoms with Crippen LogP contribution in [-0.4, -0.2) is 35.0 Å². The van der Waals surface area contributed by atoms with Crippen LogP contribution in [0.1, 0.15) is 118 Å². The minimum absolute atomic E-state index is 0.0305. The lowest BCUT2D eigenvalue weighted by atomic mass is 9.90. The average molecular weight is 439 g/mol. The number of carbonyl (C=O) groups is 1. The summed E-state index contributed by atoms with van der Waals surface area (Å²) in [6.45, 7) is 8.91. The molecule has 1 saturated carbocycles. The molecule has 1 aliphatic rings. The predicted molar refractivity (Wildman–Crippen MR) is 129 cm³/mol. The van der Waals surface area contributed by atoms with Crippen molar-refractivity contribution in [2.45, 2.75) is 130 Å². The van der Waals surface area contributed by atoms with E-state index in [1.165, 1.54) is 18.4 Å². The summed E-state index contributed by atoms with van der Waals surface area (Å²) in [6, 6.07) is 0. The number of ether oxygens (including phenoxy) is 1. The third kappa shape index (κ3) is 12.1. The number of rotatable bonds is 17. The number of hydrogen-bond donors (Lipinski definition) is 2. The first-order chi connectivity index (χ1) is 14.9. The summed E-state index contributed by atoms with van der Waals surface area (Å²) in [5.74, 6) is 0.863. The van der Waals surface area contributed by atoms with E-state index in [4.69, 9.17) is 4.74 Å². The third-order valence-electron chi connectivity index (χ3n) is 6.74. The number of aliphatic hydroxyl groups is 2. The van der Waals surface area contributed by atoms with Gasteiger partial charge < -0.3 is 14.9 Å². The van der Waals surface area contributed by atoms with Crippen molar-refractivity contribution in [3.8, 4) is 0 Å². The van der Waals surface area contributed by atoms with Crippen molar-refractivity contribution >= 4 is 5.97 Å². The number of hydrogen-bond acceptors (Lipinski definition) is 4. The Bertz CT molecular complexity index is 499. The molecule has 0 aliphatic heterocycles. The molecule has 1 aliphatic carbocycles. The number of esters is 1. The van der Waals surface area contributed by atoms with Crippen LogP contribution in [0, 0.1) is 17.8 Å². The van der Waals surface area contributed by atoms with Gasteiger partial charge in [0.15, 0.2) is 0 Å². The SMILES string of the molecule is CCCCCC(O)CC=C1CC[C@H](O)[C@@H]1CCCCCC(CCC(C)C)C(=O)OCC. The number of carbonyl (C=O) groups excluding carboxylic acids is 1. The Hall–Kier alpha value is -0.870. The highest BCUT2D eigenvalue weighted by molar-refractivity contribution is 5.72. The maximum Gasteiger partial charge on any atom is 0.308 e. The minimum Gasteiger partial charge on any atom is -0.466 e. The highest BCUT2D eigenvalue weighted by atomic mass is 16.5. The fourth-order valence-electron chi connectivity index (χ4n) is 4.72. The van der Waals surface area contributed by atoms with Gasteiger partial charge in [0.05, 0.1) is 24.7 Å². The van der Waals surface area contributed by atoms with E-state index < -0.39 is 0 Å². The fraction of sp³-hybridized carbons (Fsp3) is 0.889. The lowest BCUT2D eigenvalue weighted by Crippen LogP contribution is -2.18. The van der Waals surface area contributed by atoms with Gasteiger partial charge in [-0.15, -0.1) is 0 Å². The maximum atomic E-state index is 12.2. The van der Waals surface area contributed by atoms with Crippen molar-refractivity contribution < 1.29 is 19.7 Å².